The molecule has 2 unspecified atom stereocenters. The predicted octanol–water partition coefficient (Wildman–Crippen LogP) is 3.60. The number of amides is 2. The van der Waals surface area contributed by atoms with E-state index in [0.717, 1.165) is 33.7 Å². The van der Waals surface area contributed by atoms with Crippen LogP contribution in [0.4, 0.5) is 23.2 Å². The summed E-state index contributed by atoms with van der Waals surface area (Å²) in [5.41, 5.74) is 4.27. The minimum Gasteiger partial charge on any atom is -0.475 e. The lowest BCUT2D eigenvalue weighted by molar-refractivity contribution is -0.192. The molecule has 0 bridgehead atoms. The lowest BCUT2D eigenvalue weighted by Crippen LogP contribution is -2.32. The summed E-state index contributed by atoms with van der Waals surface area (Å²) in [6, 6.07) is 16.7. The molecular formula is C36H37F3N8O8S4. The highest BCUT2D eigenvalue weighted by atomic mass is 32.2. The number of hydrogen-bond donors (Lipinski definition) is 7. The molecule has 2 aromatic heterocycles. The van der Waals surface area contributed by atoms with Crippen LogP contribution in [0.1, 0.15) is 57.0 Å². The van der Waals surface area contributed by atoms with E-state index in [1.54, 1.807) is 24.3 Å². The topological polar surface area (TPSA) is 287 Å². The second-order valence-electron chi connectivity index (χ2n) is 13.2. The van der Waals surface area contributed by atoms with Crippen LogP contribution in [-0.4, -0.2) is 58.0 Å². The molecule has 0 saturated carbocycles. The first kappa shape index (κ1) is 46.4. The molecule has 0 saturated heterocycles. The Morgan fingerprint density at radius 1 is 0.746 bits per heavy atom. The molecule has 0 spiro atoms. The van der Waals surface area contributed by atoms with Crippen LogP contribution in [0.2, 0.25) is 0 Å². The van der Waals surface area contributed by atoms with E-state index in [0.29, 0.717) is 57.4 Å². The number of fused-ring (bicyclic) bond motifs is 2. The van der Waals surface area contributed by atoms with E-state index in [-0.39, 0.29) is 34.4 Å². The number of carbonyl (C=O) groups excluding carboxylic acids is 2. The molecule has 2 aliphatic heterocycles. The Morgan fingerprint density at radius 3 is 1.34 bits per heavy atom. The maximum absolute atomic E-state index is 12.3. The number of nitrogens with two attached hydrogens (primary N) is 2. The summed E-state index contributed by atoms with van der Waals surface area (Å²) in [6.07, 6.45) is -3.26. The Morgan fingerprint density at radius 2 is 1.07 bits per heavy atom. The van der Waals surface area contributed by atoms with E-state index in [1.165, 1.54) is 46.9 Å². The predicted molar refractivity (Wildman–Crippen MR) is 212 cm³/mol. The zero-order chi connectivity index (χ0) is 43.9. The number of nitriles is 2. The number of rotatable bonds is 8. The molecule has 0 fully saturated rings. The number of alkyl halides is 3. The van der Waals surface area contributed by atoms with Crippen molar-refractivity contribution in [1.82, 2.24) is 10.6 Å². The molecule has 23 heteroatoms. The van der Waals surface area contributed by atoms with Gasteiger partial charge in [-0.3, -0.25) is 9.59 Å². The first-order valence-electron chi connectivity index (χ1n) is 17.2. The summed E-state index contributed by atoms with van der Waals surface area (Å²) < 4.78 is 76.8. The monoisotopic (exact) mass is 894 g/mol. The second kappa shape index (κ2) is 19.2. The fourth-order valence-electron chi connectivity index (χ4n) is 5.70. The van der Waals surface area contributed by atoms with Crippen molar-refractivity contribution >= 4 is 70.5 Å². The largest absolute Gasteiger partial charge is 0.490 e. The molecule has 6 rings (SSSR count). The van der Waals surface area contributed by atoms with Gasteiger partial charge in [-0.05, 0) is 73.2 Å². The molecule has 0 radical (unpaired) electrons. The first-order valence-corrected chi connectivity index (χ1v) is 21.9. The van der Waals surface area contributed by atoms with Crippen molar-refractivity contribution in [3.63, 3.8) is 0 Å². The van der Waals surface area contributed by atoms with Gasteiger partial charge in [0, 0.05) is 34.9 Å². The molecule has 2 aromatic carbocycles. The smallest absolute Gasteiger partial charge is 0.475 e. The van der Waals surface area contributed by atoms with Gasteiger partial charge in [-0.25, -0.2) is 31.9 Å². The lowest BCUT2D eigenvalue weighted by atomic mass is 10.0. The Labute approximate surface area is 345 Å². The summed E-state index contributed by atoms with van der Waals surface area (Å²) >= 11 is 2.89. The van der Waals surface area contributed by atoms with Crippen LogP contribution in [0, 0.1) is 22.7 Å². The van der Waals surface area contributed by atoms with Gasteiger partial charge in [-0.1, -0.05) is 24.3 Å². The van der Waals surface area contributed by atoms with Crippen molar-refractivity contribution in [3.05, 3.63) is 91.7 Å². The van der Waals surface area contributed by atoms with Crippen LogP contribution in [-0.2, 0) is 73.2 Å². The van der Waals surface area contributed by atoms with E-state index < -0.39 is 32.2 Å². The number of carbonyl (C=O) groups is 3. The molecular weight excluding hydrogens is 858 g/mol. The molecule has 2 amide bonds. The van der Waals surface area contributed by atoms with E-state index in [2.05, 4.69) is 47.3 Å². The average Bonchev–Trinajstić information content (AvgIpc) is 3.66. The standard InChI is InChI=1S/2C17H18N4O3S2.C2HF3O2/c2*1-10-6-15-14(9-20-10)13(8-18)17(25-15)21-16(22)7-11-2-4-12(5-3-11)26(19,23)24;3-2(4,5)1(6)7/h2*2-5,10,20H,6-7,9H2,1H3,(H,21,22)(H2,19,23,24);(H,6,7). The van der Waals surface area contributed by atoms with E-state index in [1.807, 2.05) is 0 Å². The van der Waals surface area contributed by atoms with Crippen molar-refractivity contribution in [2.45, 2.75) is 80.7 Å². The van der Waals surface area contributed by atoms with Crippen LogP contribution >= 0.6 is 22.7 Å². The number of carboxylic acid groups (broad SMARTS) is 1. The quantitative estimate of drug-likeness (QED) is 0.134. The van der Waals surface area contributed by atoms with Gasteiger partial charge in [0.15, 0.2) is 0 Å². The van der Waals surface area contributed by atoms with Gasteiger partial charge >= 0.3 is 12.1 Å². The number of primary sulfonamides is 2. The number of nitrogens with zero attached hydrogens (tertiary/aromatic N) is 2. The third-order valence-corrected chi connectivity index (χ3v) is 12.8. The van der Waals surface area contributed by atoms with Crippen LogP contribution in [0.25, 0.3) is 0 Å². The van der Waals surface area contributed by atoms with Crippen LogP contribution in [0.3, 0.4) is 0 Å². The number of carboxylic acids is 1. The van der Waals surface area contributed by atoms with E-state index >= 15 is 0 Å². The Bertz CT molecular complexity index is 2360. The zero-order valence-electron chi connectivity index (χ0n) is 31.1. The molecule has 0 aliphatic carbocycles. The molecule has 4 heterocycles. The molecule has 4 aromatic rings. The number of halogens is 3. The Hall–Kier alpha value is -5.24. The summed E-state index contributed by atoms with van der Waals surface area (Å²) in [7, 11) is -7.51. The summed E-state index contributed by atoms with van der Waals surface area (Å²) in [4.78, 5) is 35.8. The number of sulfonamides is 2. The molecule has 314 valence electrons. The molecule has 9 N–H and O–H groups in total. The molecule has 16 nitrogen and oxygen atoms in total. The van der Waals surface area contributed by atoms with Gasteiger partial charge in [-0.15, -0.1) is 22.7 Å². The SMILES string of the molecule is CC1Cc2sc(NC(=O)Cc3ccc(S(N)(=O)=O)cc3)c(C#N)c2CN1.CC1Cc2sc(NC(=O)Cc3ccc(S(N)(=O)=O)cc3)c(C#N)c2CN1.O=C(O)C(F)(F)F. The third-order valence-electron chi connectivity index (χ3n) is 8.62. The van der Waals surface area contributed by atoms with Crippen molar-refractivity contribution in [1.29, 1.82) is 10.5 Å². The molecule has 2 atom stereocenters. The Balaban J connectivity index is 0.000000225. The number of anilines is 2. The average molecular weight is 895 g/mol. The van der Waals surface area contributed by atoms with Gasteiger partial charge in [-0.2, -0.15) is 23.7 Å². The lowest BCUT2D eigenvalue weighted by Gasteiger charge is -2.19. The fraction of sp³-hybridized carbons (Fsp3) is 0.306. The highest BCUT2D eigenvalue weighted by Gasteiger charge is 2.38. The molecule has 59 heavy (non-hydrogen) atoms. The number of hydrogen-bond acceptors (Lipinski definition) is 13. The third kappa shape index (κ3) is 12.9. The first-order chi connectivity index (χ1) is 27.5. The fourth-order valence-corrected chi connectivity index (χ4v) is 9.36. The van der Waals surface area contributed by atoms with Crippen LogP contribution < -0.4 is 31.5 Å². The van der Waals surface area contributed by atoms with Gasteiger partial charge in [0.05, 0.1) is 33.8 Å². The number of benzene rings is 2. The number of nitrogens with one attached hydrogen (secondary N) is 4. The second-order valence-corrected chi connectivity index (χ2v) is 18.6. The van der Waals surface area contributed by atoms with Gasteiger partial charge < -0.3 is 26.4 Å². The van der Waals surface area contributed by atoms with Gasteiger partial charge in [0.2, 0.25) is 31.9 Å². The number of thiophene rings is 2. The Kier molecular flexibility index (Phi) is 15.1. The van der Waals surface area contributed by atoms with Gasteiger partial charge in [0.25, 0.3) is 0 Å². The zero-order valence-corrected chi connectivity index (χ0v) is 34.4. The van der Waals surface area contributed by atoms with Crippen LogP contribution in [0.15, 0.2) is 58.3 Å². The van der Waals surface area contributed by atoms with Crippen molar-refractivity contribution in [2.75, 3.05) is 10.6 Å². The minimum absolute atomic E-state index is 0.000904. The highest BCUT2D eigenvalue weighted by molar-refractivity contribution is 7.89. The van der Waals surface area contributed by atoms with E-state index in [4.69, 9.17) is 20.2 Å². The highest BCUT2D eigenvalue weighted by Crippen LogP contribution is 2.37. The maximum atomic E-state index is 12.3. The van der Waals surface area contributed by atoms with Crippen molar-refractivity contribution in [3.8, 4) is 12.1 Å². The number of aliphatic carboxylic acids is 1. The van der Waals surface area contributed by atoms with E-state index in [9.17, 15) is 50.1 Å². The normalized spacial score (nSPS) is 15.9. The minimum atomic E-state index is -5.08. The maximum Gasteiger partial charge on any atom is 0.490 e. The summed E-state index contributed by atoms with van der Waals surface area (Å²) in [5, 5.41) is 49.5. The van der Waals surface area contributed by atoms with Crippen molar-refractivity contribution < 1.29 is 49.5 Å². The summed E-state index contributed by atoms with van der Waals surface area (Å²) in [5.74, 6) is -3.28. The summed E-state index contributed by atoms with van der Waals surface area (Å²) in [6.45, 7) is 5.41. The van der Waals surface area contributed by atoms with Gasteiger partial charge in [0.1, 0.15) is 22.1 Å². The molecule has 2 aliphatic rings. The van der Waals surface area contributed by atoms with Crippen molar-refractivity contribution in [2.24, 2.45) is 10.3 Å². The van der Waals surface area contributed by atoms with Crippen LogP contribution in [0.5, 0.6) is 0 Å².